The molecule has 2 aromatic rings. The van der Waals surface area contributed by atoms with Crippen molar-refractivity contribution in [3.8, 4) is 0 Å². The number of aromatic nitrogens is 1. The first-order chi connectivity index (χ1) is 11.8. The Morgan fingerprint density at radius 1 is 1.24 bits per heavy atom. The number of hydrogen-bond donors (Lipinski definition) is 0. The first-order valence-electron chi connectivity index (χ1n) is 8.17. The molecule has 0 amide bonds. The van der Waals surface area contributed by atoms with E-state index in [9.17, 15) is 13.2 Å². The van der Waals surface area contributed by atoms with Crippen LogP contribution in [0.15, 0.2) is 24.3 Å². The second-order valence-corrected chi connectivity index (χ2v) is 13.0. The van der Waals surface area contributed by atoms with Gasteiger partial charge in [0.25, 0.3) is 0 Å². The predicted molar refractivity (Wildman–Crippen MR) is 92.4 cm³/mol. The number of rotatable bonds is 3. The van der Waals surface area contributed by atoms with Crippen molar-refractivity contribution in [2.24, 2.45) is 0 Å². The Hall–Kier alpha value is -0.800. The van der Waals surface area contributed by atoms with Crippen LogP contribution in [0, 0.1) is 0 Å². The molecule has 2 fully saturated rings. The third-order valence-electron chi connectivity index (χ3n) is 4.77. The van der Waals surface area contributed by atoms with Crippen LogP contribution in [0.4, 0.5) is 0 Å². The van der Waals surface area contributed by atoms with Gasteiger partial charge in [0.15, 0.2) is 0 Å². The summed E-state index contributed by atoms with van der Waals surface area (Å²) in [5.41, 5.74) is 0.548. The zero-order chi connectivity index (χ0) is 17.8. The van der Waals surface area contributed by atoms with Crippen molar-refractivity contribution in [2.75, 3.05) is 6.26 Å². The standard InChI is InChI=1S/C17H18ClINO4S/c1-25(22,23)20-14-5-3-2-4-13(14)15(16(20)18)17(21)24-12-8-10-6-7-11(9-12)19-10/h2-5,10-12H,6-9H2,1H3/q-1. The Bertz CT molecular complexity index is 943. The zero-order valence-corrected chi connectivity index (χ0v) is 17.3. The minimum atomic E-state index is -3.63. The molecule has 0 aliphatic carbocycles. The van der Waals surface area contributed by atoms with Crippen molar-refractivity contribution in [3.05, 3.63) is 35.0 Å². The maximum absolute atomic E-state index is 12.8. The van der Waals surface area contributed by atoms with Crippen molar-refractivity contribution < 1.29 is 39.2 Å². The molecule has 0 radical (unpaired) electrons. The molecule has 8 heteroatoms. The van der Waals surface area contributed by atoms with E-state index in [-0.39, 0.29) is 38.0 Å². The van der Waals surface area contributed by atoms with Crippen LogP contribution in [0.1, 0.15) is 36.0 Å². The van der Waals surface area contributed by atoms with E-state index >= 15 is 0 Å². The van der Waals surface area contributed by atoms with Crippen LogP contribution in [-0.4, -0.2) is 38.6 Å². The van der Waals surface area contributed by atoms with Crippen molar-refractivity contribution in [3.63, 3.8) is 0 Å². The van der Waals surface area contributed by atoms with Gasteiger partial charge in [-0.2, -0.15) is 0 Å². The van der Waals surface area contributed by atoms with E-state index in [1.807, 2.05) is 0 Å². The fraction of sp³-hybridized carbons (Fsp3) is 0.471. The molecule has 2 bridgehead atoms. The third-order valence-corrected chi connectivity index (χ3v) is 10.6. The van der Waals surface area contributed by atoms with E-state index < -0.39 is 16.0 Å². The van der Waals surface area contributed by atoms with Crippen LogP contribution in [0.5, 0.6) is 0 Å². The van der Waals surface area contributed by atoms with Crippen LogP contribution in [0.3, 0.4) is 0 Å². The molecule has 0 spiro atoms. The first kappa shape index (κ1) is 17.6. The van der Waals surface area contributed by atoms with Gasteiger partial charge in [-0.3, -0.25) is 0 Å². The summed E-state index contributed by atoms with van der Waals surface area (Å²) < 4.78 is 32.5. The first-order valence-corrected chi connectivity index (χ1v) is 12.9. The molecule has 3 heterocycles. The molecule has 2 aliphatic heterocycles. The third kappa shape index (κ3) is 3.19. The van der Waals surface area contributed by atoms with Gasteiger partial charge in [0.2, 0.25) is 0 Å². The fourth-order valence-corrected chi connectivity index (χ4v) is 9.89. The summed E-state index contributed by atoms with van der Waals surface area (Å²) in [5.74, 6) is -0.520. The second kappa shape index (κ2) is 6.42. The number of alkyl halides is 2. The summed E-state index contributed by atoms with van der Waals surface area (Å²) in [6, 6.07) is 6.82. The monoisotopic (exact) mass is 494 g/mol. The van der Waals surface area contributed by atoms with E-state index in [2.05, 4.69) is 0 Å². The van der Waals surface area contributed by atoms with Gasteiger partial charge < -0.3 is 0 Å². The molecule has 2 aliphatic rings. The molecule has 1 aromatic carbocycles. The molecule has 2 saturated heterocycles. The number of nitrogens with zero attached hydrogens (tertiary/aromatic N) is 1. The molecule has 0 N–H and O–H groups in total. The number of carbonyl (C=O) groups is 1. The minimum absolute atomic E-state index is 0.0742. The van der Waals surface area contributed by atoms with Crippen LogP contribution >= 0.6 is 11.6 Å². The number of hydrogen-bond acceptors (Lipinski definition) is 4. The Morgan fingerprint density at radius 3 is 2.52 bits per heavy atom. The molecular formula is C17H18ClINO4S-. The van der Waals surface area contributed by atoms with E-state index in [0.717, 1.165) is 30.9 Å². The van der Waals surface area contributed by atoms with Crippen molar-refractivity contribution in [1.82, 2.24) is 3.97 Å². The van der Waals surface area contributed by atoms with Gasteiger partial charge in [-0.05, 0) is 0 Å². The maximum atomic E-state index is 12.8. The molecular weight excluding hydrogens is 477 g/mol. The summed E-state index contributed by atoms with van der Waals surface area (Å²) in [6.07, 6.45) is 5.41. The van der Waals surface area contributed by atoms with Gasteiger partial charge in [-0.1, -0.05) is 0 Å². The topological polar surface area (TPSA) is 65.4 Å². The number of benzene rings is 1. The summed E-state index contributed by atoms with van der Waals surface area (Å²) in [4.78, 5) is 12.8. The average Bonchev–Trinajstić information content (AvgIpc) is 3.02. The van der Waals surface area contributed by atoms with Gasteiger partial charge in [-0.15, -0.1) is 0 Å². The van der Waals surface area contributed by atoms with Gasteiger partial charge in [0, 0.05) is 0 Å². The quantitative estimate of drug-likeness (QED) is 0.343. The number of ether oxygens (including phenoxy) is 1. The molecule has 4 rings (SSSR count). The molecule has 2 atom stereocenters. The van der Waals surface area contributed by atoms with Crippen LogP contribution < -0.4 is 21.2 Å². The molecule has 5 nitrogen and oxygen atoms in total. The molecule has 136 valence electrons. The van der Waals surface area contributed by atoms with Gasteiger partial charge >= 0.3 is 162 Å². The number of para-hydroxylation sites is 1. The van der Waals surface area contributed by atoms with Gasteiger partial charge in [-0.25, -0.2) is 0 Å². The summed E-state index contributed by atoms with van der Waals surface area (Å²) >= 11 is 6.55. The summed E-state index contributed by atoms with van der Waals surface area (Å²) in [5, 5.41) is 0.411. The Morgan fingerprint density at radius 2 is 1.88 bits per heavy atom. The van der Waals surface area contributed by atoms with Crippen molar-refractivity contribution in [2.45, 2.75) is 39.6 Å². The fourth-order valence-electron chi connectivity index (χ4n) is 3.75. The molecule has 2 unspecified atom stereocenters. The Kier molecular flexibility index (Phi) is 4.52. The SMILES string of the molecule is CS(=O)(=O)n1c(Cl)c(C(=O)OC2CC3CCC(C2)[I-]3)c2ccccc21. The number of esters is 1. The second-order valence-electron chi connectivity index (χ2n) is 6.61. The van der Waals surface area contributed by atoms with Gasteiger partial charge in [0.1, 0.15) is 0 Å². The van der Waals surface area contributed by atoms with Crippen molar-refractivity contribution >= 4 is 38.5 Å². The predicted octanol–water partition coefficient (Wildman–Crippen LogP) is 0.0416. The molecule has 25 heavy (non-hydrogen) atoms. The number of halogens is 2. The summed E-state index contributed by atoms with van der Waals surface area (Å²) in [7, 11) is -3.63. The van der Waals surface area contributed by atoms with E-state index in [1.54, 1.807) is 24.3 Å². The number of fused-ring (bicyclic) bond motifs is 3. The number of carbonyl (C=O) groups excluding carboxylic acids is 1. The van der Waals surface area contributed by atoms with Crippen LogP contribution in [0.2, 0.25) is 5.15 Å². The molecule has 1 aromatic heterocycles. The van der Waals surface area contributed by atoms with E-state index in [0.29, 0.717) is 10.9 Å². The average molecular weight is 495 g/mol. The van der Waals surface area contributed by atoms with Crippen LogP contribution in [-0.2, 0) is 14.8 Å². The normalized spacial score (nSPS) is 26.4. The summed E-state index contributed by atoms with van der Waals surface area (Å²) in [6.45, 7) is 0. The zero-order valence-electron chi connectivity index (χ0n) is 13.6. The van der Waals surface area contributed by atoms with E-state index in [1.165, 1.54) is 12.8 Å². The Labute approximate surface area is 162 Å². The van der Waals surface area contributed by atoms with E-state index in [4.69, 9.17) is 16.3 Å². The van der Waals surface area contributed by atoms with Gasteiger partial charge in [0.05, 0.1) is 0 Å². The molecule has 0 saturated carbocycles. The Balaban J connectivity index is 1.71. The van der Waals surface area contributed by atoms with Crippen LogP contribution in [0.25, 0.3) is 10.9 Å². The van der Waals surface area contributed by atoms with Crippen molar-refractivity contribution in [1.29, 1.82) is 0 Å².